The Labute approximate surface area is 272 Å². The zero-order valence-electron chi connectivity index (χ0n) is 25.0. The summed E-state index contributed by atoms with van der Waals surface area (Å²) in [6.45, 7) is 0. The third-order valence-corrected chi connectivity index (χ3v) is 11.6. The van der Waals surface area contributed by atoms with Gasteiger partial charge in [0.05, 0.1) is 10.8 Å². The third kappa shape index (κ3) is 2.66. The Bertz CT molecular complexity index is 2510. The first-order valence-corrected chi connectivity index (χ1v) is 16.6. The quantitative estimate of drug-likeness (QED) is 0.167. The Morgan fingerprint density at radius 3 is 1.93 bits per heavy atom. The van der Waals surface area contributed by atoms with E-state index in [1.54, 1.807) is 0 Å². The zero-order chi connectivity index (χ0) is 30.2. The standard InChI is InChI=1S/C44H27ClO/c45-37-22-11-21-35-41(37)42-36(24-25-39-40(42)28-14-3-10-23-38(28)46-39)44(35)33-19-8-6-17-31(33)43(32-18-7-9-20-34(32)44)29-15-4-1-12-26(29)27-13-2-5-16-30(27)43/h1-8,10-19,21-25H,9,20H2. The van der Waals surface area contributed by atoms with E-state index >= 15 is 0 Å². The van der Waals surface area contributed by atoms with E-state index < -0.39 is 10.8 Å². The highest BCUT2D eigenvalue weighted by atomic mass is 35.5. The Kier molecular flexibility index (Phi) is 4.68. The van der Waals surface area contributed by atoms with E-state index in [0.29, 0.717) is 0 Å². The molecule has 2 spiro atoms. The van der Waals surface area contributed by atoms with Crippen LogP contribution in [0.4, 0.5) is 0 Å². The lowest BCUT2D eigenvalue weighted by atomic mass is 9.51. The fraction of sp³-hybridized carbons (Fsp3) is 0.0909. The molecule has 0 saturated carbocycles. The molecule has 0 N–H and O–H groups in total. The predicted octanol–water partition coefficient (Wildman–Crippen LogP) is 11.5. The molecule has 0 saturated heterocycles. The molecule has 4 aliphatic carbocycles. The van der Waals surface area contributed by atoms with Crippen LogP contribution in [0, 0.1) is 0 Å². The SMILES string of the molecule is Clc1cccc2c1-c1c(ccc3oc4ccccc4c13)C21C2=C(C=CCC2)C2(c3ccccc3-c3ccccc32)c2ccccc21. The highest BCUT2D eigenvalue weighted by Gasteiger charge is 2.60. The van der Waals surface area contributed by atoms with Gasteiger partial charge in [-0.15, -0.1) is 0 Å². The number of fused-ring (bicyclic) bond motifs is 19. The smallest absolute Gasteiger partial charge is 0.136 e. The molecule has 0 bridgehead atoms. The lowest BCUT2D eigenvalue weighted by molar-refractivity contribution is 0.590. The largest absolute Gasteiger partial charge is 0.456 e. The summed E-state index contributed by atoms with van der Waals surface area (Å²) in [4.78, 5) is 0. The minimum Gasteiger partial charge on any atom is -0.456 e. The van der Waals surface area contributed by atoms with Gasteiger partial charge in [-0.25, -0.2) is 0 Å². The Balaban J connectivity index is 1.38. The maximum atomic E-state index is 7.31. The molecule has 4 aliphatic rings. The number of rotatable bonds is 0. The third-order valence-electron chi connectivity index (χ3n) is 11.3. The van der Waals surface area contributed by atoms with Crippen molar-refractivity contribution in [2.75, 3.05) is 0 Å². The summed E-state index contributed by atoms with van der Waals surface area (Å²) in [7, 11) is 0. The molecule has 1 aromatic heterocycles. The van der Waals surface area contributed by atoms with Gasteiger partial charge in [0, 0.05) is 21.4 Å². The fourth-order valence-electron chi connectivity index (χ4n) is 9.91. The van der Waals surface area contributed by atoms with E-state index in [-0.39, 0.29) is 0 Å². The average molecular weight is 607 g/mol. The van der Waals surface area contributed by atoms with E-state index in [1.807, 2.05) is 6.07 Å². The van der Waals surface area contributed by atoms with Gasteiger partial charge in [-0.05, 0) is 92.3 Å². The molecule has 2 heteroatoms. The van der Waals surface area contributed by atoms with Gasteiger partial charge >= 0.3 is 0 Å². The molecule has 1 nitrogen and oxygen atoms in total. The van der Waals surface area contributed by atoms with Gasteiger partial charge in [0.2, 0.25) is 0 Å². The highest BCUT2D eigenvalue weighted by molar-refractivity contribution is 6.35. The van der Waals surface area contributed by atoms with Crippen LogP contribution in [0.15, 0.2) is 155 Å². The lowest BCUT2D eigenvalue weighted by Gasteiger charge is -2.50. The summed E-state index contributed by atoms with van der Waals surface area (Å²) >= 11 is 7.31. The molecule has 0 radical (unpaired) electrons. The number of benzene rings is 6. The van der Waals surface area contributed by atoms with E-state index in [0.717, 1.165) is 45.4 Å². The van der Waals surface area contributed by atoms with Crippen molar-refractivity contribution < 1.29 is 4.42 Å². The van der Waals surface area contributed by atoms with Gasteiger partial charge < -0.3 is 4.42 Å². The molecular weight excluding hydrogens is 580 g/mol. The van der Waals surface area contributed by atoms with Crippen LogP contribution >= 0.6 is 11.6 Å². The van der Waals surface area contributed by atoms with Crippen LogP contribution < -0.4 is 0 Å². The van der Waals surface area contributed by atoms with Crippen molar-refractivity contribution in [3.63, 3.8) is 0 Å². The monoisotopic (exact) mass is 606 g/mol. The summed E-state index contributed by atoms with van der Waals surface area (Å²) in [6.07, 6.45) is 6.84. The summed E-state index contributed by atoms with van der Waals surface area (Å²) in [6, 6.07) is 46.9. The van der Waals surface area contributed by atoms with Crippen molar-refractivity contribution >= 4 is 33.5 Å². The van der Waals surface area contributed by atoms with Crippen molar-refractivity contribution in [3.8, 4) is 22.3 Å². The maximum Gasteiger partial charge on any atom is 0.136 e. The molecule has 0 aliphatic heterocycles. The minimum atomic E-state index is -0.490. The van der Waals surface area contributed by atoms with Crippen LogP contribution in [0.1, 0.15) is 46.2 Å². The van der Waals surface area contributed by atoms with Crippen molar-refractivity contribution in [3.05, 3.63) is 189 Å². The summed E-state index contributed by atoms with van der Waals surface area (Å²) in [5, 5.41) is 3.08. The summed E-state index contributed by atoms with van der Waals surface area (Å²) in [5.74, 6) is 0. The van der Waals surface area contributed by atoms with Gasteiger partial charge in [-0.3, -0.25) is 0 Å². The second-order valence-corrected chi connectivity index (χ2v) is 13.5. The number of para-hydroxylation sites is 1. The molecular formula is C44H27ClO. The van der Waals surface area contributed by atoms with Gasteiger partial charge in [-0.2, -0.15) is 0 Å². The fourth-order valence-corrected chi connectivity index (χ4v) is 10.2. The predicted molar refractivity (Wildman–Crippen MR) is 188 cm³/mol. The molecule has 1 heterocycles. The molecule has 0 amide bonds. The molecule has 6 aromatic carbocycles. The zero-order valence-corrected chi connectivity index (χ0v) is 25.7. The van der Waals surface area contributed by atoms with Gasteiger partial charge in [0.1, 0.15) is 11.2 Å². The number of allylic oxidation sites excluding steroid dienone is 4. The van der Waals surface area contributed by atoms with E-state index in [2.05, 4.69) is 133 Å². The molecule has 11 rings (SSSR count). The topological polar surface area (TPSA) is 13.1 Å². The van der Waals surface area contributed by atoms with E-state index in [9.17, 15) is 0 Å². The number of hydrogen-bond donors (Lipinski definition) is 0. The van der Waals surface area contributed by atoms with E-state index in [1.165, 1.54) is 61.2 Å². The molecule has 46 heavy (non-hydrogen) atoms. The maximum absolute atomic E-state index is 7.31. The molecule has 0 fully saturated rings. The van der Waals surface area contributed by atoms with E-state index in [4.69, 9.17) is 16.0 Å². The Morgan fingerprint density at radius 1 is 0.522 bits per heavy atom. The highest BCUT2D eigenvalue weighted by Crippen LogP contribution is 2.69. The first kappa shape index (κ1) is 25.1. The van der Waals surface area contributed by atoms with Crippen LogP contribution in [-0.4, -0.2) is 0 Å². The minimum absolute atomic E-state index is 0.408. The van der Waals surface area contributed by atoms with Crippen molar-refractivity contribution in [2.45, 2.75) is 23.7 Å². The molecule has 7 aromatic rings. The normalized spacial score (nSPS) is 19.3. The number of hydrogen-bond acceptors (Lipinski definition) is 1. The Morgan fingerprint density at radius 2 is 1.15 bits per heavy atom. The van der Waals surface area contributed by atoms with Gasteiger partial charge in [0.15, 0.2) is 0 Å². The van der Waals surface area contributed by atoms with Gasteiger partial charge in [0.25, 0.3) is 0 Å². The van der Waals surface area contributed by atoms with Crippen LogP contribution in [0.25, 0.3) is 44.2 Å². The second kappa shape index (κ2) is 8.57. The van der Waals surface area contributed by atoms with Crippen LogP contribution in [0.3, 0.4) is 0 Å². The lowest BCUT2D eigenvalue weighted by Crippen LogP contribution is -2.44. The molecule has 1 atom stereocenters. The second-order valence-electron chi connectivity index (χ2n) is 13.1. The van der Waals surface area contributed by atoms with Crippen LogP contribution in [0.2, 0.25) is 5.02 Å². The van der Waals surface area contributed by atoms with Crippen molar-refractivity contribution in [1.29, 1.82) is 0 Å². The van der Waals surface area contributed by atoms with Gasteiger partial charge in [-0.1, -0.05) is 133 Å². The summed E-state index contributed by atoms with van der Waals surface area (Å²) in [5.41, 5.74) is 16.8. The first-order valence-electron chi connectivity index (χ1n) is 16.2. The van der Waals surface area contributed by atoms with Crippen LogP contribution in [-0.2, 0) is 10.8 Å². The average Bonchev–Trinajstić information content (AvgIpc) is 3.73. The van der Waals surface area contributed by atoms with Crippen molar-refractivity contribution in [2.24, 2.45) is 0 Å². The van der Waals surface area contributed by atoms with Crippen LogP contribution in [0.5, 0.6) is 0 Å². The summed E-state index contributed by atoms with van der Waals surface area (Å²) < 4.78 is 6.47. The Hall–Kier alpha value is -5.11. The first-order chi connectivity index (χ1) is 22.8. The molecule has 1 unspecified atom stereocenters. The molecule has 216 valence electrons. The number of halogens is 1. The number of furan rings is 1. The van der Waals surface area contributed by atoms with Crippen molar-refractivity contribution in [1.82, 2.24) is 0 Å².